The molecule has 226 valence electrons. The van der Waals surface area contributed by atoms with Crippen molar-refractivity contribution in [3.05, 3.63) is 0 Å². The predicted molar refractivity (Wildman–Crippen MR) is 145 cm³/mol. The molecule has 0 amide bonds. The third-order valence-electron chi connectivity index (χ3n) is 5.98. The van der Waals surface area contributed by atoms with E-state index in [4.69, 9.17) is 19.1 Å². The molecule has 0 aliphatic rings. The van der Waals surface area contributed by atoms with E-state index in [0.29, 0.717) is 12.8 Å². The summed E-state index contributed by atoms with van der Waals surface area (Å²) in [6.45, 7) is 1.95. The Morgan fingerprint density at radius 3 is 1.68 bits per heavy atom. The smallest absolute Gasteiger partial charge is 0.462 e. The van der Waals surface area contributed by atoms with Crippen molar-refractivity contribution in [3.8, 4) is 0 Å². The second-order valence-corrected chi connectivity index (χ2v) is 11.2. The zero-order chi connectivity index (χ0) is 28.5. The lowest BCUT2D eigenvalue weighted by atomic mass is 10.0. The zero-order valence-corrected chi connectivity index (χ0v) is 24.5. The molecule has 0 saturated heterocycles. The van der Waals surface area contributed by atoms with Crippen LogP contribution in [0, 0.1) is 0 Å². The van der Waals surface area contributed by atoms with Crippen molar-refractivity contribution >= 4 is 19.8 Å². The van der Waals surface area contributed by atoms with Gasteiger partial charge in [0.15, 0.2) is 6.10 Å². The van der Waals surface area contributed by atoms with Gasteiger partial charge in [-0.25, -0.2) is 4.57 Å². The van der Waals surface area contributed by atoms with Crippen LogP contribution >= 0.6 is 7.82 Å². The lowest BCUT2D eigenvalue weighted by Crippen LogP contribution is -2.29. The Morgan fingerprint density at radius 1 is 0.684 bits per heavy atom. The summed E-state index contributed by atoms with van der Waals surface area (Å²) in [4.78, 5) is 33.7. The minimum Gasteiger partial charge on any atom is -0.462 e. The molecular formula is C27H53O10P. The van der Waals surface area contributed by atoms with Crippen LogP contribution in [0.4, 0.5) is 0 Å². The average Bonchev–Trinajstić information content (AvgIpc) is 2.89. The molecule has 0 aromatic carbocycles. The SMILES string of the molecule is CCCCCCCCCCCCCCCCC(=O)OC(COC(=O)CCC)COP(=O)(O)OCC(O)CO. The molecular weight excluding hydrogens is 515 g/mol. The van der Waals surface area contributed by atoms with E-state index in [1.54, 1.807) is 0 Å². The summed E-state index contributed by atoms with van der Waals surface area (Å²) >= 11 is 0. The van der Waals surface area contributed by atoms with E-state index in [1.165, 1.54) is 64.2 Å². The van der Waals surface area contributed by atoms with Gasteiger partial charge in [0.25, 0.3) is 0 Å². The maximum Gasteiger partial charge on any atom is 0.472 e. The number of hydrogen-bond donors (Lipinski definition) is 3. The van der Waals surface area contributed by atoms with Gasteiger partial charge in [0.1, 0.15) is 12.7 Å². The highest BCUT2D eigenvalue weighted by molar-refractivity contribution is 7.47. The van der Waals surface area contributed by atoms with Gasteiger partial charge >= 0.3 is 19.8 Å². The molecule has 3 atom stereocenters. The Kier molecular flexibility index (Phi) is 24.3. The van der Waals surface area contributed by atoms with Crippen LogP contribution in [-0.2, 0) is 32.7 Å². The van der Waals surface area contributed by atoms with Gasteiger partial charge in [-0.1, -0.05) is 97.3 Å². The number of hydrogen-bond acceptors (Lipinski definition) is 9. The van der Waals surface area contributed by atoms with E-state index in [1.807, 2.05) is 6.92 Å². The Balaban J connectivity index is 4.15. The number of phosphoric acid groups is 1. The van der Waals surface area contributed by atoms with Gasteiger partial charge in [0.2, 0.25) is 0 Å². The highest BCUT2D eigenvalue weighted by Gasteiger charge is 2.27. The maximum atomic E-state index is 12.3. The number of carbonyl (C=O) groups is 2. The van der Waals surface area contributed by atoms with Gasteiger partial charge in [-0.05, 0) is 12.8 Å². The highest BCUT2D eigenvalue weighted by atomic mass is 31.2. The van der Waals surface area contributed by atoms with E-state index in [2.05, 4.69) is 11.4 Å². The second kappa shape index (κ2) is 25.0. The molecule has 0 spiro atoms. The van der Waals surface area contributed by atoms with Crippen molar-refractivity contribution in [1.29, 1.82) is 0 Å². The maximum absolute atomic E-state index is 12.3. The number of rotatable bonds is 27. The van der Waals surface area contributed by atoms with Gasteiger partial charge in [-0.15, -0.1) is 0 Å². The van der Waals surface area contributed by atoms with Crippen molar-refractivity contribution in [2.24, 2.45) is 0 Å². The third-order valence-corrected chi connectivity index (χ3v) is 6.93. The predicted octanol–water partition coefficient (Wildman–Crippen LogP) is 5.60. The normalized spacial score (nSPS) is 14.6. The summed E-state index contributed by atoms with van der Waals surface area (Å²) in [5.74, 6) is -0.983. The van der Waals surface area contributed by atoms with Crippen molar-refractivity contribution in [3.63, 3.8) is 0 Å². The standard InChI is InChI=1S/C27H53O10P/c1-3-5-6-7-8-9-10-11-12-13-14-15-16-17-19-27(31)37-25(22-34-26(30)18-4-2)23-36-38(32,33)35-21-24(29)20-28/h24-25,28-29H,3-23H2,1-2H3,(H,32,33). The summed E-state index contributed by atoms with van der Waals surface area (Å²) in [5.41, 5.74) is 0. The van der Waals surface area contributed by atoms with E-state index in [9.17, 15) is 24.2 Å². The lowest BCUT2D eigenvalue weighted by molar-refractivity contribution is -0.161. The summed E-state index contributed by atoms with van der Waals surface area (Å²) in [7, 11) is -4.57. The fourth-order valence-electron chi connectivity index (χ4n) is 3.73. The summed E-state index contributed by atoms with van der Waals surface area (Å²) in [6.07, 6.45) is 15.5. The number of carbonyl (C=O) groups excluding carboxylic acids is 2. The zero-order valence-electron chi connectivity index (χ0n) is 23.7. The van der Waals surface area contributed by atoms with Crippen LogP contribution in [0.1, 0.15) is 123 Å². The fourth-order valence-corrected chi connectivity index (χ4v) is 4.52. The Morgan fingerprint density at radius 2 is 1.18 bits per heavy atom. The largest absolute Gasteiger partial charge is 0.472 e. The first-order chi connectivity index (χ1) is 18.2. The second-order valence-electron chi connectivity index (χ2n) is 9.79. The number of aliphatic hydroxyl groups is 2. The van der Waals surface area contributed by atoms with E-state index in [0.717, 1.165) is 19.3 Å². The molecule has 0 aliphatic heterocycles. The molecule has 0 bridgehead atoms. The first kappa shape index (κ1) is 37.0. The monoisotopic (exact) mass is 568 g/mol. The van der Waals surface area contributed by atoms with Crippen molar-refractivity contribution in [1.82, 2.24) is 0 Å². The molecule has 0 aromatic rings. The first-order valence-corrected chi connectivity index (χ1v) is 16.0. The van der Waals surface area contributed by atoms with Crippen LogP contribution in [-0.4, -0.2) is 65.7 Å². The summed E-state index contributed by atoms with van der Waals surface area (Å²) < 4.78 is 31.8. The van der Waals surface area contributed by atoms with Crippen molar-refractivity contribution in [2.75, 3.05) is 26.4 Å². The van der Waals surface area contributed by atoms with Crippen molar-refractivity contribution in [2.45, 2.75) is 135 Å². The van der Waals surface area contributed by atoms with Crippen LogP contribution in [0.3, 0.4) is 0 Å². The topological polar surface area (TPSA) is 149 Å². The number of esters is 2. The van der Waals surface area contributed by atoms with Gasteiger partial charge in [0, 0.05) is 12.8 Å². The number of unbranched alkanes of at least 4 members (excludes halogenated alkanes) is 13. The molecule has 0 fully saturated rings. The summed E-state index contributed by atoms with van der Waals surface area (Å²) in [6, 6.07) is 0. The van der Waals surface area contributed by atoms with Crippen LogP contribution in [0.15, 0.2) is 0 Å². The third kappa shape index (κ3) is 24.0. The average molecular weight is 569 g/mol. The number of phosphoric ester groups is 1. The lowest BCUT2D eigenvalue weighted by Gasteiger charge is -2.20. The molecule has 38 heavy (non-hydrogen) atoms. The molecule has 10 nitrogen and oxygen atoms in total. The van der Waals surface area contributed by atoms with Gasteiger partial charge in [-0.2, -0.15) is 0 Å². The molecule has 0 rings (SSSR count). The Labute approximate surface area is 229 Å². The minimum atomic E-state index is -4.57. The van der Waals surface area contributed by atoms with Crippen LogP contribution in [0.5, 0.6) is 0 Å². The van der Waals surface area contributed by atoms with Crippen LogP contribution < -0.4 is 0 Å². The van der Waals surface area contributed by atoms with Gasteiger partial charge < -0.3 is 24.6 Å². The highest BCUT2D eigenvalue weighted by Crippen LogP contribution is 2.43. The van der Waals surface area contributed by atoms with Crippen LogP contribution in [0.25, 0.3) is 0 Å². The first-order valence-electron chi connectivity index (χ1n) is 14.5. The number of ether oxygens (including phenoxy) is 2. The number of aliphatic hydroxyl groups excluding tert-OH is 2. The van der Waals surface area contributed by atoms with Gasteiger partial charge in [0.05, 0.1) is 19.8 Å². The molecule has 3 unspecified atom stereocenters. The van der Waals surface area contributed by atoms with Crippen molar-refractivity contribution < 1.29 is 47.8 Å². The molecule has 0 radical (unpaired) electrons. The van der Waals surface area contributed by atoms with E-state index in [-0.39, 0.29) is 19.4 Å². The quantitative estimate of drug-likeness (QED) is 0.0649. The minimum absolute atomic E-state index is 0.188. The molecule has 3 N–H and O–H groups in total. The molecule has 11 heteroatoms. The van der Waals surface area contributed by atoms with E-state index >= 15 is 0 Å². The van der Waals surface area contributed by atoms with Crippen LogP contribution in [0.2, 0.25) is 0 Å². The Bertz CT molecular complexity index is 631. The summed E-state index contributed by atoms with van der Waals surface area (Å²) in [5, 5.41) is 18.0. The molecule has 0 saturated carbocycles. The molecule has 0 heterocycles. The molecule has 0 aromatic heterocycles. The van der Waals surface area contributed by atoms with Gasteiger partial charge in [-0.3, -0.25) is 18.6 Å². The van der Waals surface area contributed by atoms with E-state index < -0.39 is 51.8 Å². The Hall–Kier alpha value is -1.03. The fraction of sp³-hybridized carbons (Fsp3) is 0.926. The molecule has 0 aliphatic carbocycles.